The van der Waals surface area contributed by atoms with Crippen molar-refractivity contribution in [2.75, 3.05) is 13.2 Å². The van der Waals surface area contributed by atoms with Crippen molar-refractivity contribution in [1.82, 2.24) is 0 Å². The normalized spacial score (nSPS) is 14.4. The van der Waals surface area contributed by atoms with Crippen LogP contribution in [0, 0.1) is 0 Å². The van der Waals surface area contributed by atoms with Crippen LogP contribution in [0.15, 0.2) is 47.5 Å². The Bertz CT molecular complexity index is 1060. The fourth-order valence-corrected chi connectivity index (χ4v) is 3.89. The number of benzene rings is 2. The maximum absolute atomic E-state index is 12.9. The molecule has 1 aliphatic carbocycles. The fraction of sp³-hybridized carbons (Fsp3) is 0.360. The van der Waals surface area contributed by atoms with Crippen LogP contribution in [0.4, 0.5) is 5.69 Å². The van der Waals surface area contributed by atoms with Crippen LogP contribution in [-0.2, 0) is 36.7 Å². The lowest BCUT2D eigenvalue weighted by molar-refractivity contribution is -0.158. The first-order valence-electron chi connectivity index (χ1n) is 11.2. The molecular weight excluding hydrogens is 438 g/mol. The minimum atomic E-state index is -0.574. The lowest BCUT2D eigenvalue weighted by Crippen LogP contribution is -2.24. The van der Waals surface area contributed by atoms with Crippen molar-refractivity contribution in [2.24, 2.45) is 16.5 Å². The smallest absolute Gasteiger partial charge is 0.344 e. The van der Waals surface area contributed by atoms with Crippen molar-refractivity contribution in [3.8, 4) is 5.75 Å². The van der Waals surface area contributed by atoms with Gasteiger partial charge >= 0.3 is 17.9 Å². The molecule has 1 unspecified atom stereocenters. The molecular formula is C25H29N3O6. The van der Waals surface area contributed by atoms with E-state index in [0.717, 1.165) is 29.5 Å². The van der Waals surface area contributed by atoms with E-state index >= 15 is 0 Å². The van der Waals surface area contributed by atoms with Gasteiger partial charge in [0.15, 0.2) is 12.6 Å². The average molecular weight is 468 g/mol. The van der Waals surface area contributed by atoms with Gasteiger partial charge in [-0.2, -0.15) is 0 Å². The number of aliphatic imine (C=N–C) groups is 1. The van der Waals surface area contributed by atoms with E-state index in [9.17, 15) is 14.4 Å². The third-order valence-corrected chi connectivity index (χ3v) is 5.43. The van der Waals surface area contributed by atoms with Gasteiger partial charge in [-0.05, 0) is 67.5 Å². The predicted molar refractivity (Wildman–Crippen MR) is 126 cm³/mol. The summed E-state index contributed by atoms with van der Waals surface area (Å²) in [5.41, 5.74) is 14.5. The molecule has 3 rings (SSSR count). The molecule has 0 fully saturated rings. The number of hydrogen-bond acceptors (Lipinski definition) is 7. The zero-order valence-electron chi connectivity index (χ0n) is 19.1. The molecule has 180 valence electrons. The first-order chi connectivity index (χ1) is 16.4. The van der Waals surface area contributed by atoms with Crippen molar-refractivity contribution in [3.63, 3.8) is 0 Å². The Morgan fingerprint density at radius 1 is 1.03 bits per heavy atom. The van der Waals surface area contributed by atoms with E-state index in [2.05, 4.69) is 4.99 Å². The van der Waals surface area contributed by atoms with E-state index < -0.39 is 17.9 Å². The fourth-order valence-electron chi connectivity index (χ4n) is 3.89. The maximum Gasteiger partial charge on any atom is 0.344 e. The van der Waals surface area contributed by atoms with Crippen LogP contribution in [0.2, 0.25) is 0 Å². The molecule has 0 saturated heterocycles. The molecule has 9 nitrogen and oxygen atoms in total. The Morgan fingerprint density at radius 3 is 2.50 bits per heavy atom. The van der Waals surface area contributed by atoms with Crippen molar-refractivity contribution in [2.45, 2.75) is 44.9 Å². The van der Waals surface area contributed by atoms with Crippen LogP contribution in [-0.4, -0.2) is 37.1 Å². The molecule has 0 radical (unpaired) electrons. The van der Waals surface area contributed by atoms with Crippen molar-refractivity contribution < 1.29 is 28.6 Å². The van der Waals surface area contributed by atoms with E-state index in [1.165, 1.54) is 0 Å². The second-order valence-corrected chi connectivity index (χ2v) is 7.86. The van der Waals surface area contributed by atoms with Crippen LogP contribution in [0.3, 0.4) is 0 Å². The Kier molecular flexibility index (Phi) is 8.61. The highest BCUT2D eigenvalue weighted by Crippen LogP contribution is 2.37. The second-order valence-electron chi connectivity index (χ2n) is 7.86. The summed E-state index contributed by atoms with van der Waals surface area (Å²) in [5, 5.41) is 0. The van der Waals surface area contributed by atoms with Gasteiger partial charge in [-0.1, -0.05) is 24.3 Å². The summed E-state index contributed by atoms with van der Waals surface area (Å²) in [5.74, 6) is -1.39. The third kappa shape index (κ3) is 6.81. The first kappa shape index (κ1) is 24.8. The van der Waals surface area contributed by atoms with Crippen LogP contribution < -0.4 is 16.2 Å². The summed E-state index contributed by atoms with van der Waals surface area (Å²) in [6.07, 6.45) is 2.86. The molecule has 4 N–H and O–H groups in total. The Labute approximate surface area is 198 Å². The van der Waals surface area contributed by atoms with Gasteiger partial charge in [-0.3, -0.25) is 9.59 Å². The summed E-state index contributed by atoms with van der Waals surface area (Å²) < 4.78 is 15.2. The molecule has 34 heavy (non-hydrogen) atoms. The summed E-state index contributed by atoms with van der Waals surface area (Å²) in [7, 11) is 0. The molecule has 0 aliphatic heterocycles. The lowest BCUT2D eigenvalue weighted by atomic mass is 9.82. The van der Waals surface area contributed by atoms with Gasteiger partial charge in [-0.25, -0.2) is 9.79 Å². The third-order valence-electron chi connectivity index (χ3n) is 5.43. The van der Waals surface area contributed by atoms with Gasteiger partial charge in [-0.15, -0.1) is 0 Å². The quantitative estimate of drug-likeness (QED) is 0.248. The van der Waals surface area contributed by atoms with Crippen molar-refractivity contribution in [1.29, 1.82) is 0 Å². The van der Waals surface area contributed by atoms with Crippen LogP contribution in [0.5, 0.6) is 5.75 Å². The SMILES string of the molecule is CCOC(=O)COC(=O)CCc1ccc(OC(=O)C2CCCc3c(N=C(N)N)cccc32)cc1. The highest BCUT2D eigenvalue weighted by Gasteiger charge is 2.29. The average Bonchev–Trinajstić information content (AvgIpc) is 2.82. The predicted octanol–water partition coefficient (Wildman–Crippen LogP) is 2.66. The Morgan fingerprint density at radius 2 is 1.79 bits per heavy atom. The van der Waals surface area contributed by atoms with E-state index in [-0.39, 0.29) is 31.6 Å². The number of esters is 3. The Balaban J connectivity index is 1.56. The van der Waals surface area contributed by atoms with Gasteiger partial charge < -0.3 is 25.7 Å². The van der Waals surface area contributed by atoms with Crippen molar-refractivity contribution >= 4 is 29.6 Å². The van der Waals surface area contributed by atoms with Crippen LogP contribution in [0.1, 0.15) is 48.8 Å². The van der Waals surface area contributed by atoms with Gasteiger partial charge in [0.1, 0.15) is 5.75 Å². The summed E-state index contributed by atoms with van der Waals surface area (Å²) in [6.45, 7) is 1.53. The number of hydrogen-bond donors (Lipinski definition) is 2. The molecule has 0 amide bonds. The van der Waals surface area contributed by atoms with Gasteiger partial charge in [0.05, 0.1) is 18.2 Å². The zero-order chi connectivity index (χ0) is 24.5. The number of rotatable bonds is 9. The van der Waals surface area contributed by atoms with Gasteiger partial charge in [0.25, 0.3) is 0 Å². The molecule has 0 spiro atoms. The molecule has 0 heterocycles. The second kappa shape index (κ2) is 11.8. The summed E-state index contributed by atoms with van der Waals surface area (Å²) >= 11 is 0. The number of carbonyl (C=O) groups excluding carboxylic acids is 3. The number of nitrogens with zero attached hydrogens (tertiary/aromatic N) is 1. The molecule has 1 atom stereocenters. The van der Waals surface area contributed by atoms with Gasteiger partial charge in [0.2, 0.25) is 0 Å². The number of ether oxygens (including phenoxy) is 3. The topological polar surface area (TPSA) is 143 Å². The van der Waals surface area contributed by atoms with E-state index in [1.807, 2.05) is 18.2 Å². The molecule has 2 aromatic carbocycles. The Hall–Kier alpha value is -3.88. The monoisotopic (exact) mass is 467 g/mol. The minimum Gasteiger partial charge on any atom is -0.463 e. The summed E-state index contributed by atoms with van der Waals surface area (Å²) in [6, 6.07) is 12.5. The van der Waals surface area contributed by atoms with E-state index in [1.54, 1.807) is 31.2 Å². The number of fused-ring (bicyclic) bond motifs is 1. The molecule has 0 bridgehead atoms. The first-order valence-corrected chi connectivity index (χ1v) is 11.2. The van der Waals surface area contributed by atoms with E-state index in [0.29, 0.717) is 24.3 Å². The van der Waals surface area contributed by atoms with E-state index in [4.69, 9.17) is 25.7 Å². The summed E-state index contributed by atoms with van der Waals surface area (Å²) in [4.78, 5) is 40.1. The number of carbonyl (C=O) groups is 3. The lowest BCUT2D eigenvalue weighted by Gasteiger charge is -2.25. The molecule has 2 aromatic rings. The van der Waals surface area contributed by atoms with Crippen LogP contribution in [0.25, 0.3) is 0 Å². The van der Waals surface area contributed by atoms with Crippen LogP contribution >= 0.6 is 0 Å². The highest BCUT2D eigenvalue weighted by molar-refractivity contribution is 5.83. The number of nitrogens with two attached hydrogens (primary N) is 2. The standard InChI is InChI=1S/C25H29N3O6/c1-2-32-23(30)15-33-22(29)14-11-16-9-12-17(13-10-16)34-24(31)20-7-3-6-19-18(20)5-4-8-21(19)28-25(26)27/h4-5,8-10,12-13,20H,2-3,6-7,11,14-15H2,1H3,(H4,26,27,28). The highest BCUT2D eigenvalue weighted by atomic mass is 16.6. The molecule has 9 heteroatoms. The number of aryl methyl sites for hydroxylation is 1. The molecule has 1 aliphatic rings. The zero-order valence-corrected chi connectivity index (χ0v) is 19.1. The minimum absolute atomic E-state index is 0.0227. The van der Waals surface area contributed by atoms with Gasteiger partial charge in [0, 0.05) is 6.42 Å². The molecule has 0 aromatic heterocycles. The van der Waals surface area contributed by atoms with Crippen molar-refractivity contribution in [3.05, 3.63) is 59.2 Å². The largest absolute Gasteiger partial charge is 0.463 e. The maximum atomic E-state index is 12.9. The number of guanidine groups is 1. The molecule has 0 saturated carbocycles.